The second-order valence-electron chi connectivity index (χ2n) is 5.89. The zero-order valence-corrected chi connectivity index (χ0v) is 12.4. The number of hydrogen-bond donors (Lipinski definition) is 2. The lowest BCUT2D eigenvalue weighted by atomic mass is 9.94. The maximum absolute atomic E-state index is 12.0. The van der Waals surface area contributed by atoms with Crippen LogP contribution in [-0.2, 0) is 11.2 Å². The van der Waals surface area contributed by atoms with Crippen molar-refractivity contribution in [3.05, 3.63) is 35.9 Å². The van der Waals surface area contributed by atoms with Gasteiger partial charge in [-0.25, -0.2) is 0 Å². The number of carbonyl (C=O) groups is 1. The molecule has 1 unspecified atom stereocenters. The smallest absolute Gasteiger partial charge is 0.220 e. The molecule has 20 heavy (non-hydrogen) atoms. The summed E-state index contributed by atoms with van der Waals surface area (Å²) in [7, 11) is 0. The fourth-order valence-electron chi connectivity index (χ4n) is 2.78. The van der Waals surface area contributed by atoms with Crippen molar-refractivity contribution in [3.8, 4) is 0 Å². The number of amides is 1. The van der Waals surface area contributed by atoms with Gasteiger partial charge in [0, 0.05) is 12.5 Å². The van der Waals surface area contributed by atoms with Crippen LogP contribution in [-0.4, -0.2) is 25.0 Å². The lowest BCUT2D eigenvalue weighted by molar-refractivity contribution is -0.122. The number of hydrogen-bond acceptors (Lipinski definition) is 2. The molecule has 0 spiro atoms. The van der Waals surface area contributed by atoms with E-state index in [2.05, 4.69) is 41.8 Å². The molecule has 1 amide bonds. The Morgan fingerprint density at radius 1 is 1.30 bits per heavy atom. The molecule has 1 aromatic rings. The lowest BCUT2D eigenvalue weighted by Gasteiger charge is -2.23. The fraction of sp³-hybridized carbons (Fsp3) is 0.588. The standard InChI is InChI=1S/C17H26N2O/c1-14(7-8-15-5-3-2-4-6-15)19-17(20)13-16-9-11-18-12-10-16/h2-6,14,16,18H,7-13H2,1H3,(H,19,20). The molecule has 1 saturated heterocycles. The number of rotatable bonds is 6. The van der Waals surface area contributed by atoms with E-state index in [1.54, 1.807) is 0 Å². The molecule has 1 aliphatic heterocycles. The second kappa shape index (κ2) is 8.05. The Kier molecular flexibility index (Phi) is 6.06. The predicted molar refractivity (Wildman–Crippen MR) is 82.6 cm³/mol. The topological polar surface area (TPSA) is 41.1 Å². The van der Waals surface area contributed by atoms with Crippen molar-refractivity contribution in [2.24, 2.45) is 5.92 Å². The summed E-state index contributed by atoms with van der Waals surface area (Å²) in [5.74, 6) is 0.787. The zero-order valence-electron chi connectivity index (χ0n) is 12.4. The molecule has 2 rings (SSSR count). The third-order valence-corrected chi connectivity index (χ3v) is 4.05. The zero-order chi connectivity index (χ0) is 14.2. The van der Waals surface area contributed by atoms with Crippen LogP contribution in [0.4, 0.5) is 0 Å². The van der Waals surface area contributed by atoms with Crippen LogP contribution >= 0.6 is 0 Å². The van der Waals surface area contributed by atoms with Gasteiger partial charge in [-0.1, -0.05) is 30.3 Å². The Morgan fingerprint density at radius 3 is 2.70 bits per heavy atom. The number of carbonyl (C=O) groups excluding carboxylic acids is 1. The third kappa shape index (κ3) is 5.33. The number of aryl methyl sites for hydroxylation is 1. The van der Waals surface area contributed by atoms with Crippen molar-refractivity contribution in [2.45, 2.75) is 45.1 Å². The van der Waals surface area contributed by atoms with E-state index < -0.39 is 0 Å². The van der Waals surface area contributed by atoms with Gasteiger partial charge in [0.15, 0.2) is 0 Å². The molecule has 3 heteroatoms. The average molecular weight is 274 g/mol. The van der Waals surface area contributed by atoms with Gasteiger partial charge in [-0.3, -0.25) is 4.79 Å². The first-order valence-corrected chi connectivity index (χ1v) is 7.78. The SMILES string of the molecule is CC(CCc1ccccc1)NC(=O)CC1CCNCC1. The summed E-state index contributed by atoms with van der Waals surface area (Å²) in [5, 5.41) is 6.47. The van der Waals surface area contributed by atoms with Crippen LogP contribution in [0.15, 0.2) is 30.3 Å². The molecule has 3 nitrogen and oxygen atoms in total. The first-order valence-electron chi connectivity index (χ1n) is 7.78. The Labute approximate surface area is 122 Å². The summed E-state index contributed by atoms with van der Waals surface area (Å²) in [4.78, 5) is 12.0. The minimum atomic E-state index is 0.220. The normalized spacial score (nSPS) is 17.6. The molecule has 1 aromatic carbocycles. The predicted octanol–water partition coefficient (Wildman–Crippen LogP) is 2.51. The number of benzene rings is 1. The third-order valence-electron chi connectivity index (χ3n) is 4.05. The Hall–Kier alpha value is -1.35. The highest BCUT2D eigenvalue weighted by atomic mass is 16.1. The van der Waals surface area contributed by atoms with Crippen molar-refractivity contribution in [1.82, 2.24) is 10.6 Å². The first kappa shape index (κ1) is 15.0. The molecule has 0 saturated carbocycles. The summed E-state index contributed by atoms with van der Waals surface area (Å²) in [6, 6.07) is 10.7. The molecule has 2 N–H and O–H groups in total. The molecule has 0 aliphatic carbocycles. The molecule has 1 heterocycles. The Balaban J connectivity index is 1.65. The van der Waals surface area contributed by atoms with Gasteiger partial charge >= 0.3 is 0 Å². The maximum Gasteiger partial charge on any atom is 0.220 e. The van der Waals surface area contributed by atoms with Gasteiger partial charge in [-0.2, -0.15) is 0 Å². The quantitative estimate of drug-likeness (QED) is 0.837. The van der Waals surface area contributed by atoms with Gasteiger partial charge in [0.25, 0.3) is 0 Å². The monoisotopic (exact) mass is 274 g/mol. The molecule has 0 radical (unpaired) electrons. The van der Waals surface area contributed by atoms with Gasteiger partial charge in [-0.15, -0.1) is 0 Å². The molecule has 0 bridgehead atoms. The molecule has 1 aliphatic rings. The van der Waals surface area contributed by atoms with Gasteiger partial charge in [0.2, 0.25) is 5.91 Å². The van der Waals surface area contributed by atoms with Crippen LogP contribution in [0.5, 0.6) is 0 Å². The first-order chi connectivity index (χ1) is 9.74. The summed E-state index contributed by atoms with van der Waals surface area (Å²) in [5.41, 5.74) is 1.34. The average Bonchev–Trinajstić information content (AvgIpc) is 2.47. The van der Waals surface area contributed by atoms with Crippen molar-refractivity contribution < 1.29 is 4.79 Å². The number of piperidine rings is 1. The number of nitrogens with one attached hydrogen (secondary N) is 2. The minimum absolute atomic E-state index is 0.220. The molecule has 110 valence electrons. The van der Waals surface area contributed by atoms with Crippen molar-refractivity contribution in [1.29, 1.82) is 0 Å². The van der Waals surface area contributed by atoms with E-state index in [1.807, 2.05) is 6.07 Å². The van der Waals surface area contributed by atoms with E-state index in [0.717, 1.165) is 38.8 Å². The van der Waals surface area contributed by atoms with Crippen LogP contribution in [0.3, 0.4) is 0 Å². The van der Waals surface area contributed by atoms with E-state index >= 15 is 0 Å². The van der Waals surface area contributed by atoms with Crippen LogP contribution in [0.1, 0.15) is 38.2 Å². The Bertz CT molecular complexity index is 399. The van der Waals surface area contributed by atoms with Gasteiger partial charge < -0.3 is 10.6 Å². The molecular formula is C17H26N2O. The molecular weight excluding hydrogens is 248 g/mol. The van der Waals surface area contributed by atoms with Crippen LogP contribution in [0.2, 0.25) is 0 Å². The largest absolute Gasteiger partial charge is 0.354 e. The fourth-order valence-corrected chi connectivity index (χ4v) is 2.78. The van der Waals surface area contributed by atoms with E-state index in [-0.39, 0.29) is 11.9 Å². The second-order valence-corrected chi connectivity index (χ2v) is 5.89. The van der Waals surface area contributed by atoms with E-state index in [9.17, 15) is 4.79 Å². The minimum Gasteiger partial charge on any atom is -0.354 e. The summed E-state index contributed by atoms with van der Waals surface area (Å²) in [6.45, 7) is 4.21. The molecule has 0 aromatic heterocycles. The van der Waals surface area contributed by atoms with Crippen molar-refractivity contribution in [3.63, 3.8) is 0 Å². The van der Waals surface area contributed by atoms with E-state index in [4.69, 9.17) is 0 Å². The van der Waals surface area contributed by atoms with Gasteiger partial charge in [0.05, 0.1) is 0 Å². The van der Waals surface area contributed by atoms with Crippen LogP contribution in [0, 0.1) is 5.92 Å². The van der Waals surface area contributed by atoms with Crippen molar-refractivity contribution in [2.75, 3.05) is 13.1 Å². The molecule has 1 fully saturated rings. The lowest BCUT2D eigenvalue weighted by Crippen LogP contribution is -2.36. The van der Waals surface area contributed by atoms with Gasteiger partial charge in [-0.05, 0) is 57.2 Å². The summed E-state index contributed by atoms with van der Waals surface area (Å²) < 4.78 is 0. The van der Waals surface area contributed by atoms with E-state index in [1.165, 1.54) is 5.56 Å². The van der Waals surface area contributed by atoms with Crippen LogP contribution in [0.25, 0.3) is 0 Å². The highest BCUT2D eigenvalue weighted by Gasteiger charge is 2.17. The Morgan fingerprint density at radius 2 is 2.00 bits per heavy atom. The summed E-state index contributed by atoms with van der Waals surface area (Å²) in [6.07, 6.45) is 4.98. The van der Waals surface area contributed by atoms with Gasteiger partial charge in [0.1, 0.15) is 0 Å². The van der Waals surface area contributed by atoms with E-state index in [0.29, 0.717) is 12.3 Å². The van der Waals surface area contributed by atoms with Crippen LogP contribution < -0.4 is 10.6 Å². The summed E-state index contributed by atoms with van der Waals surface area (Å²) >= 11 is 0. The maximum atomic E-state index is 12.0. The highest BCUT2D eigenvalue weighted by Crippen LogP contribution is 2.15. The van der Waals surface area contributed by atoms with Crippen molar-refractivity contribution >= 4 is 5.91 Å². The molecule has 1 atom stereocenters. The highest BCUT2D eigenvalue weighted by molar-refractivity contribution is 5.76.